The normalized spacial score (nSPS) is 16.2. The molecule has 1 aromatic heterocycles. The summed E-state index contributed by atoms with van der Waals surface area (Å²) in [4.78, 5) is 4.38. The van der Waals surface area contributed by atoms with E-state index in [4.69, 9.17) is 4.42 Å². The molecule has 0 radical (unpaired) electrons. The van der Waals surface area contributed by atoms with Crippen LogP contribution in [0.25, 0.3) is 11.1 Å². The number of para-hydroxylation sites is 2. The lowest BCUT2D eigenvalue weighted by Crippen LogP contribution is -2.15. The zero-order valence-electron chi connectivity index (χ0n) is 9.28. The number of hydrogen-bond donors (Lipinski definition) is 1. The van der Waals surface area contributed by atoms with E-state index in [9.17, 15) is 0 Å². The minimum Gasteiger partial charge on any atom is -0.424 e. The molecule has 3 rings (SSSR count). The minimum atomic E-state index is 0.653. The van der Waals surface area contributed by atoms with Gasteiger partial charge in [-0.1, -0.05) is 31.4 Å². The molecule has 2 aromatic rings. The van der Waals surface area contributed by atoms with Crippen LogP contribution < -0.4 is 5.32 Å². The molecule has 0 atom stereocenters. The fraction of sp³-hybridized carbons (Fsp3) is 0.462. The molecule has 3 nitrogen and oxygen atoms in total. The van der Waals surface area contributed by atoms with E-state index in [0.29, 0.717) is 6.01 Å². The van der Waals surface area contributed by atoms with Gasteiger partial charge in [0, 0.05) is 6.54 Å². The molecule has 0 bridgehead atoms. The van der Waals surface area contributed by atoms with E-state index in [0.717, 1.165) is 23.6 Å². The summed E-state index contributed by atoms with van der Waals surface area (Å²) in [5.74, 6) is 0.928. The molecule has 0 saturated heterocycles. The zero-order chi connectivity index (χ0) is 10.8. The number of aromatic nitrogens is 1. The monoisotopic (exact) mass is 216 g/mol. The second-order valence-corrected chi connectivity index (χ2v) is 4.50. The van der Waals surface area contributed by atoms with Crippen LogP contribution in [-0.2, 0) is 0 Å². The number of fused-ring (bicyclic) bond motifs is 1. The zero-order valence-corrected chi connectivity index (χ0v) is 9.28. The van der Waals surface area contributed by atoms with Crippen LogP contribution in [0.1, 0.15) is 25.7 Å². The topological polar surface area (TPSA) is 38.1 Å². The molecule has 1 heterocycles. The number of nitrogens with one attached hydrogen (secondary N) is 1. The van der Waals surface area contributed by atoms with Gasteiger partial charge in [0.25, 0.3) is 6.01 Å². The summed E-state index contributed by atoms with van der Waals surface area (Å²) in [5.41, 5.74) is 1.78. The predicted octanol–water partition coefficient (Wildman–Crippen LogP) is 3.43. The van der Waals surface area contributed by atoms with Crippen molar-refractivity contribution in [3.63, 3.8) is 0 Å². The van der Waals surface area contributed by atoms with Crippen molar-refractivity contribution in [3.8, 4) is 0 Å². The van der Waals surface area contributed by atoms with E-state index >= 15 is 0 Å². The summed E-state index contributed by atoms with van der Waals surface area (Å²) in [6.45, 7) is 0.970. The first kappa shape index (κ1) is 9.70. The van der Waals surface area contributed by atoms with E-state index in [2.05, 4.69) is 10.3 Å². The number of anilines is 1. The highest BCUT2D eigenvalue weighted by molar-refractivity contribution is 5.74. The van der Waals surface area contributed by atoms with Crippen LogP contribution in [-0.4, -0.2) is 11.5 Å². The summed E-state index contributed by atoms with van der Waals surface area (Å²) >= 11 is 0. The van der Waals surface area contributed by atoms with Gasteiger partial charge in [0.05, 0.1) is 0 Å². The maximum absolute atomic E-state index is 5.58. The van der Waals surface area contributed by atoms with Crippen molar-refractivity contribution in [3.05, 3.63) is 24.3 Å². The first-order valence-corrected chi connectivity index (χ1v) is 6.01. The second-order valence-electron chi connectivity index (χ2n) is 4.50. The van der Waals surface area contributed by atoms with E-state index in [1.54, 1.807) is 0 Å². The van der Waals surface area contributed by atoms with Gasteiger partial charge >= 0.3 is 0 Å². The van der Waals surface area contributed by atoms with Crippen molar-refractivity contribution in [2.45, 2.75) is 25.7 Å². The fourth-order valence-corrected chi connectivity index (χ4v) is 2.11. The van der Waals surface area contributed by atoms with Crippen LogP contribution in [0.2, 0.25) is 0 Å². The number of rotatable bonds is 4. The first-order chi connectivity index (χ1) is 7.92. The molecule has 1 fully saturated rings. The molecule has 0 spiro atoms. The molecule has 0 amide bonds. The Morgan fingerprint density at radius 3 is 2.94 bits per heavy atom. The van der Waals surface area contributed by atoms with E-state index in [1.165, 1.54) is 25.7 Å². The van der Waals surface area contributed by atoms with Gasteiger partial charge in [-0.25, -0.2) is 0 Å². The Bertz CT molecular complexity index is 440. The second kappa shape index (κ2) is 4.16. The third-order valence-electron chi connectivity index (χ3n) is 3.35. The van der Waals surface area contributed by atoms with Crippen LogP contribution in [0.4, 0.5) is 6.01 Å². The molecule has 1 saturated carbocycles. The molecule has 1 aliphatic carbocycles. The van der Waals surface area contributed by atoms with Crippen LogP contribution in [0.15, 0.2) is 28.7 Å². The maximum atomic E-state index is 5.58. The van der Waals surface area contributed by atoms with Gasteiger partial charge in [0.1, 0.15) is 5.52 Å². The highest BCUT2D eigenvalue weighted by Gasteiger charge is 2.16. The molecule has 3 heteroatoms. The Balaban J connectivity index is 1.60. The molecule has 0 aliphatic heterocycles. The third-order valence-corrected chi connectivity index (χ3v) is 3.35. The van der Waals surface area contributed by atoms with Crippen LogP contribution in [0.3, 0.4) is 0 Å². The van der Waals surface area contributed by atoms with Gasteiger partial charge in [0.15, 0.2) is 5.58 Å². The van der Waals surface area contributed by atoms with Crippen LogP contribution in [0.5, 0.6) is 0 Å². The van der Waals surface area contributed by atoms with E-state index in [1.807, 2.05) is 24.3 Å². The Morgan fingerprint density at radius 2 is 2.19 bits per heavy atom. The third kappa shape index (κ3) is 1.90. The quantitative estimate of drug-likeness (QED) is 0.850. The number of oxazole rings is 1. The molecule has 16 heavy (non-hydrogen) atoms. The number of hydrogen-bond acceptors (Lipinski definition) is 3. The van der Waals surface area contributed by atoms with Gasteiger partial charge in [-0.2, -0.15) is 4.98 Å². The van der Waals surface area contributed by atoms with Crippen molar-refractivity contribution in [1.29, 1.82) is 0 Å². The van der Waals surface area contributed by atoms with Crippen LogP contribution >= 0.6 is 0 Å². The van der Waals surface area contributed by atoms with Crippen molar-refractivity contribution in [2.75, 3.05) is 11.9 Å². The summed E-state index contributed by atoms with van der Waals surface area (Å²) in [6.07, 6.45) is 5.44. The summed E-state index contributed by atoms with van der Waals surface area (Å²) < 4.78 is 5.58. The predicted molar refractivity (Wildman–Crippen MR) is 64.5 cm³/mol. The Labute approximate surface area is 94.9 Å². The molecule has 0 unspecified atom stereocenters. The van der Waals surface area contributed by atoms with Crippen molar-refractivity contribution in [2.24, 2.45) is 5.92 Å². The average Bonchev–Trinajstić information content (AvgIpc) is 2.64. The van der Waals surface area contributed by atoms with Crippen molar-refractivity contribution >= 4 is 17.1 Å². The Morgan fingerprint density at radius 1 is 1.31 bits per heavy atom. The summed E-state index contributed by atoms with van der Waals surface area (Å²) in [5, 5.41) is 3.26. The van der Waals surface area contributed by atoms with Gasteiger partial charge < -0.3 is 9.73 Å². The molecule has 1 aromatic carbocycles. The lowest BCUT2D eigenvalue weighted by molar-refractivity contribution is 0.302. The van der Waals surface area contributed by atoms with Crippen molar-refractivity contribution in [1.82, 2.24) is 4.98 Å². The lowest BCUT2D eigenvalue weighted by Gasteiger charge is -2.24. The molecule has 1 N–H and O–H groups in total. The first-order valence-electron chi connectivity index (χ1n) is 6.01. The van der Waals surface area contributed by atoms with Gasteiger partial charge in [0.2, 0.25) is 0 Å². The Hall–Kier alpha value is -1.51. The molecular formula is C13H16N2O. The van der Waals surface area contributed by atoms with Gasteiger partial charge in [-0.3, -0.25) is 0 Å². The van der Waals surface area contributed by atoms with E-state index in [-0.39, 0.29) is 0 Å². The SMILES string of the molecule is c1ccc2oc(NCCC3CCC3)nc2c1. The molecular weight excluding hydrogens is 200 g/mol. The average molecular weight is 216 g/mol. The van der Waals surface area contributed by atoms with Crippen molar-refractivity contribution < 1.29 is 4.42 Å². The molecule has 84 valence electrons. The number of nitrogens with zero attached hydrogens (tertiary/aromatic N) is 1. The maximum Gasteiger partial charge on any atom is 0.295 e. The van der Waals surface area contributed by atoms with E-state index < -0.39 is 0 Å². The summed E-state index contributed by atoms with van der Waals surface area (Å²) in [7, 11) is 0. The number of benzene rings is 1. The largest absolute Gasteiger partial charge is 0.424 e. The lowest BCUT2D eigenvalue weighted by atomic mass is 9.83. The summed E-state index contributed by atoms with van der Waals surface area (Å²) in [6, 6.07) is 8.50. The fourth-order valence-electron chi connectivity index (χ4n) is 2.11. The minimum absolute atomic E-state index is 0.653. The highest BCUT2D eigenvalue weighted by atomic mass is 16.4. The standard InChI is InChI=1S/C13H16N2O/c1-2-7-12-11(6-1)15-13(16-12)14-9-8-10-4-3-5-10/h1-2,6-7,10H,3-5,8-9H2,(H,14,15). The Kier molecular flexibility index (Phi) is 2.52. The van der Waals surface area contributed by atoms with Crippen LogP contribution in [0, 0.1) is 5.92 Å². The smallest absolute Gasteiger partial charge is 0.295 e. The van der Waals surface area contributed by atoms with Gasteiger partial charge in [-0.05, 0) is 24.5 Å². The molecule has 1 aliphatic rings. The highest BCUT2D eigenvalue weighted by Crippen LogP contribution is 2.29. The van der Waals surface area contributed by atoms with Gasteiger partial charge in [-0.15, -0.1) is 0 Å².